The molecule has 0 fully saturated rings. The molecule has 0 aliphatic heterocycles. The quantitative estimate of drug-likeness (QED) is 0.225. The Hall–Kier alpha value is -1.21. The van der Waals surface area contributed by atoms with Crippen LogP contribution in [0, 0.1) is 12.3 Å². The Balaban J connectivity index is 3.42. The number of ether oxygens (including phenoxy) is 1. The lowest BCUT2D eigenvalue weighted by molar-refractivity contribution is 0.123. The van der Waals surface area contributed by atoms with Crippen molar-refractivity contribution in [2.75, 3.05) is 13.7 Å². The van der Waals surface area contributed by atoms with Crippen LogP contribution in [0.4, 0.5) is 4.79 Å². The number of nitrogens with two attached hydrogens (primary N) is 1. The van der Waals surface area contributed by atoms with Gasteiger partial charge in [-0.05, 0) is 0 Å². The molecule has 0 saturated heterocycles. The van der Waals surface area contributed by atoms with Gasteiger partial charge < -0.3 is 4.74 Å². The van der Waals surface area contributed by atoms with Gasteiger partial charge in [0.1, 0.15) is 0 Å². The molecule has 0 aliphatic rings. The van der Waals surface area contributed by atoms with Crippen molar-refractivity contribution < 1.29 is 9.53 Å². The van der Waals surface area contributed by atoms with E-state index < -0.39 is 6.09 Å². The van der Waals surface area contributed by atoms with Crippen molar-refractivity contribution in [3.63, 3.8) is 0 Å². The predicted octanol–water partition coefficient (Wildman–Crippen LogP) is -0.438. The average Bonchev–Trinajstić information content (AvgIpc) is 1.82. The molecular formula is C5H8N2O2. The third-order valence-electron chi connectivity index (χ3n) is 0.567. The summed E-state index contributed by atoms with van der Waals surface area (Å²) >= 11 is 0. The summed E-state index contributed by atoms with van der Waals surface area (Å²) in [7, 11) is 1.37. The molecule has 4 heteroatoms. The number of nitrogens with zero attached hydrogens (tertiary/aromatic N) is 1. The van der Waals surface area contributed by atoms with Gasteiger partial charge in [-0.15, -0.1) is 6.42 Å². The van der Waals surface area contributed by atoms with Gasteiger partial charge in [0.2, 0.25) is 0 Å². The van der Waals surface area contributed by atoms with Gasteiger partial charge in [-0.25, -0.2) is 15.6 Å². The van der Waals surface area contributed by atoms with Crippen molar-refractivity contribution in [3.8, 4) is 12.3 Å². The molecular weight excluding hydrogens is 120 g/mol. The van der Waals surface area contributed by atoms with Crippen molar-refractivity contribution in [1.82, 2.24) is 5.01 Å². The summed E-state index contributed by atoms with van der Waals surface area (Å²) in [4.78, 5) is 10.4. The zero-order valence-electron chi connectivity index (χ0n) is 5.13. The Morgan fingerprint density at radius 2 is 2.56 bits per heavy atom. The van der Waals surface area contributed by atoms with Crippen molar-refractivity contribution in [2.45, 2.75) is 0 Å². The van der Waals surface area contributed by atoms with Gasteiger partial charge in [-0.2, -0.15) is 0 Å². The molecule has 0 aromatic rings. The summed E-state index contributed by atoms with van der Waals surface area (Å²) in [5.41, 5.74) is 0. The minimum atomic E-state index is -0.632. The fourth-order valence-electron chi connectivity index (χ4n) is 0.205. The smallest absolute Gasteiger partial charge is 0.424 e. The number of rotatable bonds is 1. The van der Waals surface area contributed by atoms with Crippen LogP contribution >= 0.6 is 0 Å². The van der Waals surface area contributed by atoms with Crippen LogP contribution in [0.3, 0.4) is 0 Å². The number of amides is 1. The largest absolute Gasteiger partial charge is 0.435 e. The molecule has 0 rings (SSSR count). The highest BCUT2D eigenvalue weighted by atomic mass is 16.6. The SMILES string of the molecule is C#CCOC(=O)N(C)N. The third kappa shape index (κ3) is 3.38. The molecule has 0 aromatic heterocycles. The third-order valence-corrected chi connectivity index (χ3v) is 0.567. The summed E-state index contributed by atoms with van der Waals surface area (Å²) in [5, 5.41) is 0.817. The average molecular weight is 128 g/mol. The van der Waals surface area contributed by atoms with Gasteiger partial charge in [0.25, 0.3) is 0 Å². The highest BCUT2D eigenvalue weighted by Crippen LogP contribution is 1.79. The zero-order chi connectivity index (χ0) is 7.28. The van der Waals surface area contributed by atoms with E-state index >= 15 is 0 Å². The van der Waals surface area contributed by atoms with Crippen LogP contribution in [0.5, 0.6) is 0 Å². The van der Waals surface area contributed by atoms with Gasteiger partial charge in [0.15, 0.2) is 6.61 Å². The molecule has 0 atom stereocenters. The standard InChI is InChI=1S/C5H8N2O2/c1-3-4-9-5(8)7(2)6/h1H,4,6H2,2H3. The Morgan fingerprint density at radius 3 is 2.89 bits per heavy atom. The second-order valence-corrected chi connectivity index (χ2v) is 1.37. The van der Waals surface area contributed by atoms with Gasteiger partial charge in [-0.3, -0.25) is 0 Å². The first kappa shape index (κ1) is 7.79. The molecule has 0 aliphatic carbocycles. The first-order valence-corrected chi connectivity index (χ1v) is 2.27. The van der Waals surface area contributed by atoms with E-state index in [2.05, 4.69) is 10.7 Å². The maximum atomic E-state index is 10.4. The van der Waals surface area contributed by atoms with Crippen LogP contribution < -0.4 is 5.84 Å². The molecule has 9 heavy (non-hydrogen) atoms. The Morgan fingerprint density at radius 1 is 2.00 bits per heavy atom. The molecule has 2 N–H and O–H groups in total. The number of terminal acetylenes is 1. The van der Waals surface area contributed by atoms with Crippen LogP contribution in [0.1, 0.15) is 0 Å². The summed E-state index contributed by atoms with van der Waals surface area (Å²) in [6.45, 7) is -0.0413. The molecule has 0 unspecified atom stereocenters. The van der Waals surface area contributed by atoms with Gasteiger partial charge in [-0.1, -0.05) is 5.92 Å². The highest BCUT2D eigenvalue weighted by molar-refractivity contribution is 5.66. The van der Waals surface area contributed by atoms with Crippen molar-refractivity contribution in [1.29, 1.82) is 0 Å². The fourth-order valence-corrected chi connectivity index (χ4v) is 0.205. The minimum Gasteiger partial charge on any atom is -0.435 e. The summed E-state index contributed by atoms with van der Waals surface area (Å²) in [6, 6.07) is 0. The Bertz CT molecular complexity index is 136. The van der Waals surface area contributed by atoms with Crippen LogP contribution in [-0.2, 0) is 4.74 Å². The van der Waals surface area contributed by atoms with E-state index in [1.807, 2.05) is 0 Å². The molecule has 0 heterocycles. The lowest BCUT2D eigenvalue weighted by atomic mass is 10.7. The van der Waals surface area contributed by atoms with Crippen LogP contribution in [0.15, 0.2) is 0 Å². The fraction of sp³-hybridized carbons (Fsp3) is 0.400. The van der Waals surface area contributed by atoms with E-state index in [1.54, 1.807) is 0 Å². The lowest BCUT2D eigenvalue weighted by Gasteiger charge is -2.07. The lowest BCUT2D eigenvalue weighted by Crippen LogP contribution is -2.33. The molecule has 1 amide bonds. The molecule has 0 bridgehead atoms. The Labute approximate surface area is 53.5 Å². The van der Waals surface area contributed by atoms with E-state index in [0.717, 1.165) is 5.01 Å². The van der Waals surface area contributed by atoms with Crippen molar-refractivity contribution in [3.05, 3.63) is 0 Å². The molecule has 0 spiro atoms. The first-order valence-electron chi connectivity index (χ1n) is 2.27. The van der Waals surface area contributed by atoms with E-state index in [4.69, 9.17) is 12.3 Å². The second-order valence-electron chi connectivity index (χ2n) is 1.37. The number of carbonyl (C=O) groups is 1. The first-order chi connectivity index (χ1) is 4.18. The second kappa shape index (κ2) is 3.75. The molecule has 0 radical (unpaired) electrons. The van der Waals surface area contributed by atoms with Gasteiger partial charge >= 0.3 is 6.09 Å². The molecule has 0 aromatic carbocycles. The van der Waals surface area contributed by atoms with Crippen molar-refractivity contribution in [2.24, 2.45) is 5.84 Å². The van der Waals surface area contributed by atoms with E-state index in [9.17, 15) is 4.79 Å². The van der Waals surface area contributed by atoms with Crippen LogP contribution in [0.25, 0.3) is 0 Å². The zero-order valence-corrected chi connectivity index (χ0v) is 5.13. The maximum Gasteiger partial charge on any atom is 0.424 e. The van der Waals surface area contributed by atoms with E-state index in [1.165, 1.54) is 7.05 Å². The Kier molecular flexibility index (Phi) is 3.25. The number of carbonyl (C=O) groups excluding carboxylic acids is 1. The predicted molar refractivity (Wildman–Crippen MR) is 32.1 cm³/mol. The van der Waals surface area contributed by atoms with Crippen LogP contribution in [-0.4, -0.2) is 24.8 Å². The molecule has 0 saturated carbocycles. The molecule has 50 valence electrons. The summed E-state index contributed by atoms with van der Waals surface area (Å²) in [6.07, 6.45) is 4.16. The number of hydrogen-bond acceptors (Lipinski definition) is 3. The monoisotopic (exact) mass is 128 g/mol. The topological polar surface area (TPSA) is 55.6 Å². The number of hydrazine groups is 1. The van der Waals surface area contributed by atoms with Crippen molar-refractivity contribution >= 4 is 6.09 Å². The van der Waals surface area contributed by atoms with E-state index in [-0.39, 0.29) is 6.61 Å². The summed E-state index contributed by atoms with van der Waals surface area (Å²) in [5.74, 6) is 7.10. The molecule has 4 nitrogen and oxygen atoms in total. The van der Waals surface area contributed by atoms with Crippen LogP contribution in [0.2, 0.25) is 0 Å². The minimum absolute atomic E-state index is 0.0413. The van der Waals surface area contributed by atoms with Gasteiger partial charge in [0.05, 0.1) is 0 Å². The normalized spacial score (nSPS) is 7.67. The summed E-state index contributed by atoms with van der Waals surface area (Å²) < 4.78 is 4.38. The number of hydrogen-bond donors (Lipinski definition) is 1. The highest BCUT2D eigenvalue weighted by Gasteiger charge is 2.01. The van der Waals surface area contributed by atoms with E-state index in [0.29, 0.717) is 0 Å². The van der Waals surface area contributed by atoms with Gasteiger partial charge in [0, 0.05) is 7.05 Å². The maximum absolute atomic E-state index is 10.4.